The van der Waals surface area contributed by atoms with Gasteiger partial charge in [0.15, 0.2) is 0 Å². The molecule has 2 aromatic carbocycles. The van der Waals surface area contributed by atoms with Crippen LogP contribution in [0.5, 0.6) is 5.75 Å². The van der Waals surface area contributed by atoms with Crippen molar-refractivity contribution >= 4 is 16.7 Å². The molecule has 108 valence electrons. The highest BCUT2D eigenvalue weighted by Crippen LogP contribution is 2.29. The topological polar surface area (TPSA) is 61.4 Å². The molecular formula is C17H18N2O2. The van der Waals surface area contributed by atoms with Gasteiger partial charge in [0.05, 0.1) is 0 Å². The second-order valence-corrected chi connectivity index (χ2v) is 6.08. The molecule has 2 aromatic rings. The van der Waals surface area contributed by atoms with Gasteiger partial charge >= 0.3 is 0 Å². The van der Waals surface area contributed by atoms with Crippen molar-refractivity contribution in [1.82, 2.24) is 10.6 Å². The van der Waals surface area contributed by atoms with Crippen molar-refractivity contribution < 1.29 is 9.90 Å². The molecule has 1 amide bonds. The van der Waals surface area contributed by atoms with E-state index in [1.54, 1.807) is 24.3 Å². The molecule has 4 rings (SSSR count). The maximum atomic E-state index is 12.4. The Morgan fingerprint density at radius 1 is 1.24 bits per heavy atom. The Labute approximate surface area is 123 Å². The van der Waals surface area contributed by atoms with E-state index < -0.39 is 0 Å². The normalized spacial score (nSPS) is 27.1. The lowest BCUT2D eigenvalue weighted by atomic mass is 9.95. The maximum absolute atomic E-state index is 12.4. The number of phenols is 1. The molecule has 0 aliphatic carbocycles. The van der Waals surface area contributed by atoms with Gasteiger partial charge < -0.3 is 15.7 Å². The van der Waals surface area contributed by atoms with Crippen LogP contribution < -0.4 is 10.6 Å². The van der Waals surface area contributed by atoms with E-state index in [1.165, 1.54) is 6.42 Å². The molecule has 0 spiro atoms. The van der Waals surface area contributed by atoms with Gasteiger partial charge in [-0.25, -0.2) is 0 Å². The van der Waals surface area contributed by atoms with Crippen molar-refractivity contribution in [3.63, 3.8) is 0 Å². The minimum Gasteiger partial charge on any atom is -0.507 e. The van der Waals surface area contributed by atoms with Gasteiger partial charge in [-0.15, -0.1) is 0 Å². The summed E-state index contributed by atoms with van der Waals surface area (Å²) in [6, 6.07) is 12.0. The second-order valence-electron chi connectivity index (χ2n) is 6.08. The number of hydrogen-bond donors (Lipinski definition) is 3. The van der Waals surface area contributed by atoms with Gasteiger partial charge in [0, 0.05) is 29.1 Å². The van der Waals surface area contributed by atoms with E-state index in [4.69, 9.17) is 0 Å². The van der Waals surface area contributed by atoms with Gasteiger partial charge in [-0.05, 0) is 48.9 Å². The van der Waals surface area contributed by atoms with Gasteiger partial charge in [-0.3, -0.25) is 4.79 Å². The lowest BCUT2D eigenvalue weighted by Crippen LogP contribution is -2.42. The third-order valence-electron chi connectivity index (χ3n) is 4.74. The van der Waals surface area contributed by atoms with Crippen molar-refractivity contribution in [3.8, 4) is 5.75 Å². The van der Waals surface area contributed by atoms with Crippen LogP contribution >= 0.6 is 0 Å². The summed E-state index contributed by atoms with van der Waals surface area (Å²) < 4.78 is 0. The largest absolute Gasteiger partial charge is 0.507 e. The highest BCUT2D eigenvalue weighted by atomic mass is 16.3. The fraction of sp³-hybridized carbons (Fsp3) is 0.353. The van der Waals surface area contributed by atoms with E-state index in [-0.39, 0.29) is 17.7 Å². The molecule has 2 bridgehead atoms. The van der Waals surface area contributed by atoms with Crippen molar-refractivity contribution in [1.29, 1.82) is 0 Å². The van der Waals surface area contributed by atoms with Crippen LogP contribution in [0.25, 0.3) is 10.8 Å². The number of hydrogen-bond acceptors (Lipinski definition) is 3. The molecule has 0 radical (unpaired) electrons. The van der Waals surface area contributed by atoms with E-state index in [0.717, 1.165) is 23.6 Å². The lowest BCUT2D eigenvalue weighted by Gasteiger charge is -2.21. The Hall–Kier alpha value is -2.07. The monoisotopic (exact) mass is 282 g/mol. The van der Waals surface area contributed by atoms with Crippen molar-refractivity contribution in [2.45, 2.75) is 37.4 Å². The summed E-state index contributed by atoms with van der Waals surface area (Å²) in [7, 11) is 0. The molecule has 0 aromatic heterocycles. The van der Waals surface area contributed by atoms with Crippen LogP contribution in [0.4, 0.5) is 0 Å². The van der Waals surface area contributed by atoms with Crippen LogP contribution in [0.1, 0.15) is 29.6 Å². The number of amides is 1. The maximum Gasteiger partial charge on any atom is 0.251 e. The first-order valence-corrected chi connectivity index (χ1v) is 7.49. The van der Waals surface area contributed by atoms with Gasteiger partial charge in [0.2, 0.25) is 0 Å². The summed E-state index contributed by atoms with van der Waals surface area (Å²) in [5.41, 5.74) is 0.649. The molecule has 2 heterocycles. The van der Waals surface area contributed by atoms with E-state index >= 15 is 0 Å². The molecule has 4 nitrogen and oxygen atoms in total. The van der Waals surface area contributed by atoms with Crippen molar-refractivity contribution in [3.05, 3.63) is 42.0 Å². The van der Waals surface area contributed by atoms with Crippen LogP contribution in [-0.4, -0.2) is 29.1 Å². The summed E-state index contributed by atoms with van der Waals surface area (Å²) >= 11 is 0. The SMILES string of the molecule is O=C(N[C@@H]1C[C@H]2CC[C@@H]1N2)c1ccc2c(O)cccc2c1. The van der Waals surface area contributed by atoms with Gasteiger partial charge in [-0.2, -0.15) is 0 Å². The molecule has 2 saturated heterocycles. The Kier molecular flexibility index (Phi) is 2.86. The highest BCUT2D eigenvalue weighted by molar-refractivity contribution is 6.00. The number of aromatic hydroxyl groups is 1. The average Bonchev–Trinajstić information content (AvgIpc) is 3.09. The zero-order valence-electron chi connectivity index (χ0n) is 11.7. The Morgan fingerprint density at radius 3 is 2.90 bits per heavy atom. The first-order valence-electron chi connectivity index (χ1n) is 7.49. The summed E-state index contributed by atoms with van der Waals surface area (Å²) in [6.07, 6.45) is 3.41. The quantitative estimate of drug-likeness (QED) is 0.791. The minimum absolute atomic E-state index is 0.0282. The number of nitrogens with one attached hydrogen (secondary N) is 2. The number of carbonyl (C=O) groups is 1. The first kappa shape index (κ1) is 12.7. The molecule has 0 saturated carbocycles. The highest BCUT2D eigenvalue weighted by Gasteiger charge is 2.39. The Balaban J connectivity index is 1.57. The van der Waals surface area contributed by atoms with Crippen molar-refractivity contribution in [2.24, 2.45) is 0 Å². The molecule has 2 aliphatic rings. The number of carbonyl (C=O) groups excluding carboxylic acids is 1. The Morgan fingerprint density at radius 2 is 2.14 bits per heavy atom. The van der Waals surface area contributed by atoms with Gasteiger partial charge in [0.25, 0.3) is 5.91 Å². The van der Waals surface area contributed by atoms with E-state index in [9.17, 15) is 9.90 Å². The molecule has 0 unspecified atom stereocenters. The zero-order valence-corrected chi connectivity index (χ0v) is 11.7. The molecule has 3 atom stereocenters. The fourth-order valence-electron chi connectivity index (χ4n) is 3.64. The summed E-state index contributed by atoms with van der Waals surface area (Å²) in [4.78, 5) is 12.4. The van der Waals surface area contributed by atoms with Gasteiger partial charge in [-0.1, -0.05) is 12.1 Å². The number of phenolic OH excluding ortho intramolecular Hbond substituents is 1. The molecule has 2 fully saturated rings. The van der Waals surface area contributed by atoms with Crippen molar-refractivity contribution in [2.75, 3.05) is 0 Å². The fourth-order valence-corrected chi connectivity index (χ4v) is 3.64. The van der Waals surface area contributed by atoms with Crippen LogP contribution in [-0.2, 0) is 0 Å². The molecule has 21 heavy (non-hydrogen) atoms. The number of fused-ring (bicyclic) bond motifs is 3. The van der Waals surface area contributed by atoms with Crippen LogP contribution in [0.3, 0.4) is 0 Å². The summed E-state index contributed by atoms with van der Waals surface area (Å²) in [5, 5.41) is 18.1. The van der Waals surface area contributed by atoms with E-state index in [1.807, 2.05) is 12.1 Å². The standard InChI is InChI=1S/C17H18N2O2/c20-16-3-1-2-10-8-11(4-6-13(10)16)17(21)19-15-9-12-5-7-14(15)18-12/h1-4,6,8,12,14-15,18,20H,5,7,9H2,(H,19,21)/t12-,14+,15-/m1/s1. The zero-order chi connectivity index (χ0) is 14.4. The minimum atomic E-state index is -0.0282. The smallest absolute Gasteiger partial charge is 0.251 e. The molecule has 3 N–H and O–H groups in total. The predicted molar refractivity (Wildman–Crippen MR) is 81.4 cm³/mol. The van der Waals surface area contributed by atoms with E-state index in [0.29, 0.717) is 17.6 Å². The number of rotatable bonds is 2. The third kappa shape index (κ3) is 2.16. The van der Waals surface area contributed by atoms with Crippen LogP contribution in [0.2, 0.25) is 0 Å². The van der Waals surface area contributed by atoms with Crippen LogP contribution in [0, 0.1) is 0 Å². The second kappa shape index (κ2) is 4.74. The summed E-state index contributed by atoms with van der Waals surface area (Å²) in [5.74, 6) is 0.219. The third-order valence-corrected chi connectivity index (χ3v) is 4.74. The number of benzene rings is 2. The Bertz CT molecular complexity index is 713. The predicted octanol–water partition coefficient (Wildman–Crippen LogP) is 2.17. The lowest BCUT2D eigenvalue weighted by molar-refractivity contribution is 0.0931. The van der Waals surface area contributed by atoms with Crippen LogP contribution in [0.15, 0.2) is 36.4 Å². The molecule has 4 heteroatoms. The average molecular weight is 282 g/mol. The summed E-state index contributed by atoms with van der Waals surface area (Å²) in [6.45, 7) is 0. The molecule has 2 aliphatic heterocycles. The molecular weight excluding hydrogens is 264 g/mol. The van der Waals surface area contributed by atoms with Gasteiger partial charge in [0.1, 0.15) is 5.75 Å². The van der Waals surface area contributed by atoms with E-state index in [2.05, 4.69) is 10.6 Å². The first-order chi connectivity index (χ1) is 10.2.